The molecule has 0 spiro atoms. The fraction of sp³-hybridized carbons (Fsp3) is 0.125. The van der Waals surface area contributed by atoms with Gasteiger partial charge in [-0.3, -0.25) is 4.79 Å². The summed E-state index contributed by atoms with van der Waals surface area (Å²) in [5.74, 6) is -1.50. The number of rotatable bonds is 5. The van der Waals surface area contributed by atoms with Crippen LogP contribution in [0.15, 0.2) is 36.4 Å². The number of ether oxygens (including phenoxy) is 1. The van der Waals surface area contributed by atoms with Gasteiger partial charge in [-0.1, -0.05) is 11.6 Å². The zero-order valence-corrected chi connectivity index (χ0v) is 12.9. The number of phenols is 1. The first kappa shape index (κ1) is 16.6. The van der Waals surface area contributed by atoms with Crippen LogP contribution in [0.5, 0.6) is 11.5 Å². The molecule has 2 aromatic carbocycles. The molecule has 2 rings (SSSR count). The number of hydrogen-bond acceptors (Lipinski definition) is 4. The molecule has 0 fully saturated rings. The molecule has 0 aliphatic heterocycles. The van der Waals surface area contributed by atoms with Crippen LogP contribution >= 0.6 is 11.6 Å². The van der Waals surface area contributed by atoms with E-state index in [1.807, 2.05) is 6.92 Å². The van der Waals surface area contributed by atoms with E-state index in [4.69, 9.17) is 21.4 Å². The Balaban J connectivity index is 1.97. The molecule has 0 atom stereocenters. The average Bonchev–Trinajstić information content (AvgIpc) is 2.50. The monoisotopic (exact) mass is 335 g/mol. The minimum Gasteiger partial charge on any atom is -0.506 e. The molecule has 120 valence electrons. The van der Waals surface area contributed by atoms with E-state index >= 15 is 0 Å². The first-order valence-corrected chi connectivity index (χ1v) is 6.99. The Kier molecular flexibility index (Phi) is 5.08. The first-order chi connectivity index (χ1) is 10.9. The van der Waals surface area contributed by atoms with E-state index in [1.54, 1.807) is 18.2 Å². The van der Waals surface area contributed by atoms with Gasteiger partial charge in [-0.25, -0.2) is 4.79 Å². The Hall–Kier alpha value is -2.73. The summed E-state index contributed by atoms with van der Waals surface area (Å²) >= 11 is 5.90. The summed E-state index contributed by atoms with van der Waals surface area (Å²) in [7, 11) is 0. The molecule has 0 radical (unpaired) electrons. The molecule has 0 heterocycles. The predicted octanol–water partition coefficient (Wildman–Crippen LogP) is 3.07. The van der Waals surface area contributed by atoms with Crippen LogP contribution in [0.2, 0.25) is 5.02 Å². The number of carboxylic acids is 1. The number of nitrogens with one attached hydrogen (secondary N) is 1. The smallest absolute Gasteiger partial charge is 0.335 e. The van der Waals surface area contributed by atoms with Crippen molar-refractivity contribution in [3.8, 4) is 11.5 Å². The largest absolute Gasteiger partial charge is 0.506 e. The van der Waals surface area contributed by atoms with Gasteiger partial charge in [0.15, 0.2) is 6.61 Å². The number of carbonyl (C=O) groups excluding carboxylic acids is 1. The summed E-state index contributed by atoms with van der Waals surface area (Å²) in [6, 6.07) is 8.66. The molecule has 23 heavy (non-hydrogen) atoms. The fourth-order valence-electron chi connectivity index (χ4n) is 1.81. The Labute approximate surface area is 137 Å². The standard InChI is InChI=1S/C16H14ClNO5/c1-9-6-11(3-4-12(9)17)23-8-15(20)18-13-5-2-10(16(21)22)7-14(13)19/h2-7,19H,8H2,1H3,(H,18,20)(H,21,22). The maximum atomic E-state index is 11.8. The van der Waals surface area contributed by atoms with Crippen molar-refractivity contribution in [3.63, 3.8) is 0 Å². The first-order valence-electron chi connectivity index (χ1n) is 6.62. The number of aromatic carboxylic acids is 1. The number of benzene rings is 2. The molecule has 0 bridgehead atoms. The zero-order valence-electron chi connectivity index (χ0n) is 12.2. The third-order valence-corrected chi connectivity index (χ3v) is 3.44. The number of aromatic hydroxyl groups is 1. The lowest BCUT2D eigenvalue weighted by Crippen LogP contribution is -2.20. The van der Waals surface area contributed by atoms with Crippen LogP contribution in [0.1, 0.15) is 15.9 Å². The van der Waals surface area contributed by atoms with Crippen molar-refractivity contribution in [2.45, 2.75) is 6.92 Å². The summed E-state index contributed by atoms with van der Waals surface area (Å²) in [6.45, 7) is 1.55. The van der Waals surface area contributed by atoms with Crippen LogP contribution in [-0.4, -0.2) is 28.7 Å². The van der Waals surface area contributed by atoms with Crippen LogP contribution in [0.3, 0.4) is 0 Å². The maximum Gasteiger partial charge on any atom is 0.335 e. The molecule has 6 nitrogen and oxygen atoms in total. The average molecular weight is 336 g/mol. The second kappa shape index (κ2) is 7.02. The normalized spacial score (nSPS) is 10.2. The number of amides is 1. The molecule has 1 amide bonds. The third kappa shape index (κ3) is 4.37. The second-order valence-electron chi connectivity index (χ2n) is 4.78. The number of carboxylic acid groups (broad SMARTS) is 1. The van der Waals surface area contributed by atoms with E-state index in [-0.39, 0.29) is 23.6 Å². The number of carbonyl (C=O) groups is 2. The molecule has 2 aromatic rings. The van der Waals surface area contributed by atoms with Crippen molar-refractivity contribution >= 4 is 29.2 Å². The topological polar surface area (TPSA) is 95.9 Å². The van der Waals surface area contributed by atoms with E-state index in [1.165, 1.54) is 12.1 Å². The van der Waals surface area contributed by atoms with Crippen molar-refractivity contribution in [1.29, 1.82) is 0 Å². The Morgan fingerprint density at radius 2 is 1.96 bits per heavy atom. The summed E-state index contributed by atoms with van der Waals surface area (Å²) in [4.78, 5) is 22.6. The summed E-state index contributed by atoms with van der Waals surface area (Å²) < 4.78 is 5.33. The Morgan fingerprint density at radius 1 is 1.22 bits per heavy atom. The maximum absolute atomic E-state index is 11.8. The van der Waals surface area contributed by atoms with Gasteiger partial charge in [-0.2, -0.15) is 0 Å². The molecule has 7 heteroatoms. The van der Waals surface area contributed by atoms with Gasteiger partial charge in [-0.05, 0) is 48.9 Å². The van der Waals surface area contributed by atoms with E-state index in [0.717, 1.165) is 11.6 Å². The number of anilines is 1. The van der Waals surface area contributed by atoms with Gasteiger partial charge in [0.05, 0.1) is 11.3 Å². The highest BCUT2D eigenvalue weighted by atomic mass is 35.5. The molecular formula is C16H14ClNO5. The van der Waals surface area contributed by atoms with Crippen LogP contribution in [-0.2, 0) is 4.79 Å². The van der Waals surface area contributed by atoms with E-state index in [2.05, 4.69) is 5.32 Å². The van der Waals surface area contributed by atoms with E-state index in [0.29, 0.717) is 10.8 Å². The minimum atomic E-state index is -1.17. The van der Waals surface area contributed by atoms with Crippen molar-refractivity contribution in [3.05, 3.63) is 52.5 Å². The molecule has 0 saturated heterocycles. The van der Waals surface area contributed by atoms with Gasteiger partial charge in [0.1, 0.15) is 11.5 Å². The summed E-state index contributed by atoms with van der Waals surface area (Å²) in [5.41, 5.74) is 0.857. The number of hydrogen-bond donors (Lipinski definition) is 3. The van der Waals surface area contributed by atoms with Gasteiger partial charge in [0.2, 0.25) is 0 Å². The van der Waals surface area contributed by atoms with Gasteiger partial charge >= 0.3 is 5.97 Å². The lowest BCUT2D eigenvalue weighted by Gasteiger charge is -2.10. The lowest BCUT2D eigenvalue weighted by molar-refractivity contribution is -0.118. The van der Waals surface area contributed by atoms with Crippen LogP contribution in [0, 0.1) is 6.92 Å². The number of phenolic OH excluding ortho intramolecular Hbond substituents is 1. The highest BCUT2D eigenvalue weighted by molar-refractivity contribution is 6.31. The number of halogens is 1. The fourth-order valence-corrected chi connectivity index (χ4v) is 1.93. The number of aryl methyl sites for hydroxylation is 1. The zero-order chi connectivity index (χ0) is 17.0. The lowest BCUT2D eigenvalue weighted by atomic mass is 10.2. The Morgan fingerprint density at radius 3 is 2.57 bits per heavy atom. The van der Waals surface area contributed by atoms with Crippen molar-refractivity contribution < 1.29 is 24.5 Å². The van der Waals surface area contributed by atoms with Crippen LogP contribution in [0.25, 0.3) is 0 Å². The second-order valence-corrected chi connectivity index (χ2v) is 5.19. The van der Waals surface area contributed by atoms with Gasteiger partial charge in [0.25, 0.3) is 5.91 Å². The van der Waals surface area contributed by atoms with Gasteiger partial charge < -0.3 is 20.3 Å². The van der Waals surface area contributed by atoms with E-state index in [9.17, 15) is 14.7 Å². The molecule has 0 aromatic heterocycles. The SMILES string of the molecule is Cc1cc(OCC(=O)Nc2ccc(C(=O)O)cc2O)ccc1Cl. The van der Waals surface area contributed by atoms with Crippen molar-refractivity contribution in [2.75, 3.05) is 11.9 Å². The summed E-state index contributed by atoms with van der Waals surface area (Å²) in [5, 5.41) is 21.6. The van der Waals surface area contributed by atoms with Crippen molar-refractivity contribution in [1.82, 2.24) is 0 Å². The summed E-state index contributed by atoms with van der Waals surface area (Å²) in [6.07, 6.45) is 0. The molecular weight excluding hydrogens is 322 g/mol. The predicted molar refractivity (Wildman–Crippen MR) is 85.4 cm³/mol. The molecule has 0 saturated carbocycles. The molecule has 0 aliphatic rings. The van der Waals surface area contributed by atoms with Crippen molar-refractivity contribution in [2.24, 2.45) is 0 Å². The van der Waals surface area contributed by atoms with E-state index < -0.39 is 11.9 Å². The highest BCUT2D eigenvalue weighted by Gasteiger charge is 2.11. The molecule has 0 aliphatic carbocycles. The van der Waals surface area contributed by atoms with Gasteiger partial charge in [-0.15, -0.1) is 0 Å². The van der Waals surface area contributed by atoms with Crippen LogP contribution < -0.4 is 10.1 Å². The molecule has 3 N–H and O–H groups in total. The minimum absolute atomic E-state index is 0.0756. The highest BCUT2D eigenvalue weighted by Crippen LogP contribution is 2.24. The quantitative estimate of drug-likeness (QED) is 0.730. The molecule has 0 unspecified atom stereocenters. The third-order valence-electron chi connectivity index (χ3n) is 3.02. The Bertz CT molecular complexity index is 760. The van der Waals surface area contributed by atoms with Crippen LogP contribution in [0.4, 0.5) is 5.69 Å². The van der Waals surface area contributed by atoms with Gasteiger partial charge in [0, 0.05) is 5.02 Å².